The van der Waals surface area contributed by atoms with Crippen molar-refractivity contribution in [1.29, 1.82) is 0 Å². The summed E-state index contributed by atoms with van der Waals surface area (Å²) in [4.78, 5) is 14.7. The minimum absolute atomic E-state index is 0.00660. The lowest BCUT2D eigenvalue weighted by Gasteiger charge is -2.29. The van der Waals surface area contributed by atoms with Crippen LogP contribution in [0.4, 0.5) is 0 Å². The smallest absolute Gasteiger partial charge is 0.243 e. The predicted molar refractivity (Wildman–Crippen MR) is 114 cm³/mol. The number of amides is 1. The Bertz CT molecular complexity index is 882. The Morgan fingerprint density at radius 3 is 2.24 bits per heavy atom. The number of hydrogen-bond donors (Lipinski definition) is 1. The van der Waals surface area contributed by atoms with Crippen LogP contribution in [-0.2, 0) is 14.8 Å². The summed E-state index contributed by atoms with van der Waals surface area (Å²) < 4.78 is 28.0. The van der Waals surface area contributed by atoms with Crippen LogP contribution in [0.2, 0.25) is 0 Å². The van der Waals surface area contributed by atoms with Crippen LogP contribution in [0.1, 0.15) is 24.8 Å². The van der Waals surface area contributed by atoms with Crippen molar-refractivity contribution in [1.82, 2.24) is 14.5 Å². The lowest BCUT2D eigenvalue weighted by molar-refractivity contribution is -0.131. The van der Waals surface area contributed by atoms with Crippen LogP contribution in [0, 0.1) is 0 Å². The summed E-state index contributed by atoms with van der Waals surface area (Å²) >= 11 is 0. The largest absolute Gasteiger partial charge is 0.340 e. The highest BCUT2D eigenvalue weighted by atomic mass is 32.2. The molecule has 1 N–H and O–H groups in total. The van der Waals surface area contributed by atoms with Gasteiger partial charge in [0.2, 0.25) is 15.9 Å². The molecule has 1 heterocycles. The monoisotopic (exact) mass is 415 g/mol. The first-order valence-corrected chi connectivity index (χ1v) is 11.5. The van der Waals surface area contributed by atoms with Gasteiger partial charge in [-0.1, -0.05) is 55.5 Å². The fourth-order valence-corrected chi connectivity index (χ4v) is 5.09. The van der Waals surface area contributed by atoms with Gasteiger partial charge in [-0.15, -0.1) is 0 Å². The highest BCUT2D eigenvalue weighted by Gasteiger charge is 2.27. The zero-order valence-electron chi connectivity index (χ0n) is 16.8. The normalized spacial score (nSPS) is 16.0. The Hall–Kier alpha value is -2.22. The van der Waals surface area contributed by atoms with Gasteiger partial charge in [0.15, 0.2) is 0 Å². The maximum atomic E-state index is 13.3. The van der Waals surface area contributed by atoms with Crippen LogP contribution in [0.25, 0.3) is 0 Å². The number of sulfonamides is 1. The van der Waals surface area contributed by atoms with Crippen molar-refractivity contribution in [3.63, 3.8) is 0 Å². The number of nitrogens with one attached hydrogen (secondary N) is 1. The Balaban J connectivity index is 1.76. The fraction of sp³-hybridized carbons (Fsp3) is 0.409. The molecule has 1 aliphatic heterocycles. The van der Waals surface area contributed by atoms with Crippen molar-refractivity contribution in [3.05, 3.63) is 66.2 Å². The van der Waals surface area contributed by atoms with Gasteiger partial charge in [0.25, 0.3) is 0 Å². The number of carbonyl (C=O) groups is 1. The molecule has 2 aromatic carbocycles. The minimum Gasteiger partial charge on any atom is -0.340 e. The Morgan fingerprint density at radius 2 is 1.62 bits per heavy atom. The molecule has 0 spiro atoms. The van der Waals surface area contributed by atoms with Gasteiger partial charge in [0, 0.05) is 45.7 Å². The van der Waals surface area contributed by atoms with E-state index in [0.29, 0.717) is 19.6 Å². The van der Waals surface area contributed by atoms with E-state index in [0.717, 1.165) is 18.7 Å². The first kappa shape index (κ1) is 21.5. The molecule has 2 aromatic rings. The van der Waals surface area contributed by atoms with Crippen molar-refractivity contribution < 1.29 is 13.2 Å². The molecular weight excluding hydrogens is 386 g/mol. The quantitative estimate of drug-likeness (QED) is 0.718. The molecule has 0 radical (unpaired) electrons. The molecule has 29 heavy (non-hydrogen) atoms. The van der Waals surface area contributed by atoms with E-state index < -0.39 is 10.0 Å². The van der Waals surface area contributed by atoms with E-state index in [1.807, 2.05) is 42.2 Å². The highest BCUT2D eigenvalue weighted by molar-refractivity contribution is 7.89. The van der Waals surface area contributed by atoms with Crippen molar-refractivity contribution in [2.24, 2.45) is 0 Å². The topological polar surface area (TPSA) is 69.7 Å². The zero-order valence-corrected chi connectivity index (χ0v) is 17.6. The maximum absolute atomic E-state index is 13.3. The van der Waals surface area contributed by atoms with Crippen LogP contribution in [0.3, 0.4) is 0 Å². The van der Waals surface area contributed by atoms with E-state index in [-0.39, 0.29) is 29.7 Å². The molecule has 0 unspecified atom stereocenters. The number of carbonyl (C=O) groups excluding carboxylic acids is 1. The number of rotatable bonds is 8. The molecule has 0 saturated carbocycles. The van der Waals surface area contributed by atoms with E-state index in [1.54, 1.807) is 30.3 Å². The van der Waals surface area contributed by atoms with Gasteiger partial charge in [0.05, 0.1) is 4.90 Å². The van der Waals surface area contributed by atoms with Gasteiger partial charge in [-0.2, -0.15) is 4.31 Å². The average Bonchev–Trinajstić information content (AvgIpc) is 2.78. The molecule has 0 aromatic heterocycles. The highest BCUT2D eigenvalue weighted by Crippen LogP contribution is 2.22. The summed E-state index contributed by atoms with van der Waals surface area (Å²) in [6.45, 7) is 5.43. The number of piperazine rings is 1. The molecule has 1 aliphatic rings. The van der Waals surface area contributed by atoms with E-state index in [2.05, 4.69) is 5.32 Å². The Kier molecular flexibility index (Phi) is 7.41. The molecule has 0 bridgehead atoms. The van der Waals surface area contributed by atoms with Crippen LogP contribution in [0.15, 0.2) is 65.6 Å². The molecule has 1 saturated heterocycles. The van der Waals surface area contributed by atoms with Gasteiger partial charge < -0.3 is 10.2 Å². The zero-order chi connectivity index (χ0) is 20.7. The molecular formula is C22H29N3O3S. The summed E-state index contributed by atoms with van der Waals surface area (Å²) in [6, 6.07) is 18.3. The number of hydrogen-bond acceptors (Lipinski definition) is 4. The van der Waals surface area contributed by atoms with Crippen LogP contribution in [0.5, 0.6) is 0 Å². The Labute approximate surface area is 173 Å². The molecule has 0 aliphatic carbocycles. The second kappa shape index (κ2) is 10.0. The molecule has 3 rings (SSSR count). The van der Waals surface area contributed by atoms with E-state index >= 15 is 0 Å². The van der Waals surface area contributed by atoms with Crippen molar-refractivity contribution in [3.8, 4) is 0 Å². The maximum Gasteiger partial charge on any atom is 0.243 e. The number of nitrogens with zero attached hydrogens (tertiary/aromatic N) is 2. The second-order valence-electron chi connectivity index (χ2n) is 7.37. The first-order valence-electron chi connectivity index (χ1n) is 10.1. The van der Waals surface area contributed by atoms with Crippen molar-refractivity contribution in [2.75, 3.05) is 39.3 Å². The lowest BCUT2D eigenvalue weighted by atomic mass is 10.0. The van der Waals surface area contributed by atoms with Gasteiger partial charge in [-0.05, 0) is 23.6 Å². The van der Waals surface area contributed by atoms with Gasteiger partial charge in [-0.3, -0.25) is 4.79 Å². The van der Waals surface area contributed by atoms with Gasteiger partial charge >= 0.3 is 0 Å². The third kappa shape index (κ3) is 5.65. The van der Waals surface area contributed by atoms with E-state index in [4.69, 9.17) is 0 Å². The predicted octanol–water partition coefficient (Wildman–Crippen LogP) is 2.30. The third-order valence-electron chi connectivity index (χ3n) is 5.27. The van der Waals surface area contributed by atoms with Crippen LogP contribution < -0.4 is 5.32 Å². The summed E-state index contributed by atoms with van der Waals surface area (Å²) in [5, 5.41) is 3.22. The van der Waals surface area contributed by atoms with Gasteiger partial charge in [-0.25, -0.2) is 8.42 Å². The molecule has 7 heteroatoms. The van der Waals surface area contributed by atoms with E-state index in [9.17, 15) is 13.2 Å². The summed E-state index contributed by atoms with van der Waals surface area (Å²) in [5.41, 5.74) is 1.08. The molecule has 6 nitrogen and oxygen atoms in total. The lowest BCUT2D eigenvalue weighted by Crippen LogP contribution is -2.47. The third-order valence-corrected chi connectivity index (χ3v) is 7.15. The minimum atomic E-state index is -3.68. The molecule has 1 atom stereocenters. The Morgan fingerprint density at radius 1 is 1.03 bits per heavy atom. The van der Waals surface area contributed by atoms with E-state index in [1.165, 1.54) is 4.31 Å². The standard InChI is InChI=1S/C22H29N3O3S/c1-19(20-8-4-2-5-9-20)18-25(29(27,28)21-10-6-3-7-11-21)15-12-22(26)24-16-13-23-14-17-24/h2-11,19,23H,12-18H2,1H3/t19-/m0/s1. The molecule has 156 valence electrons. The van der Waals surface area contributed by atoms with Crippen LogP contribution >= 0.6 is 0 Å². The summed E-state index contributed by atoms with van der Waals surface area (Å²) in [5.74, 6) is 0.0242. The van der Waals surface area contributed by atoms with Crippen molar-refractivity contribution >= 4 is 15.9 Å². The summed E-state index contributed by atoms with van der Waals surface area (Å²) in [6.07, 6.45) is 0.188. The first-order chi connectivity index (χ1) is 14.0. The fourth-order valence-electron chi connectivity index (χ4n) is 3.54. The SMILES string of the molecule is C[C@@H](CN(CCC(=O)N1CCNCC1)S(=O)(=O)c1ccccc1)c1ccccc1. The summed E-state index contributed by atoms with van der Waals surface area (Å²) in [7, 11) is -3.68. The van der Waals surface area contributed by atoms with Crippen LogP contribution in [-0.4, -0.2) is 62.8 Å². The number of benzene rings is 2. The molecule has 1 fully saturated rings. The average molecular weight is 416 g/mol. The molecule has 1 amide bonds. The van der Waals surface area contributed by atoms with Crippen molar-refractivity contribution in [2.45, 2.75) is 24.2 Å². The second-order valence-corrected chi connectivity index (χ2v) is 9.31. The van der Waals surface area contributed by atoms with Gasteiger partial charge in [0.1, 0.15) is 0 Å².